The minimum Gasteiger partial charge on any atom is -0.292 e. The molecule has 0 aromatic rings. The number of hydrogen-bond donors (Lipinski definition) is 0. The van der Waals surface area contributed by atoms with Crippen LogP contribution in [0.2, 0.25) is 0 Å². The summed E-state index contributed by atoms with van der Waals surface area (Å²) in [6, 6.07) is 0. The summed E-state index contributed by atoms with van der Waals surface area (Å²) in [7, 11) is 1.58. The third-order valence-corrected chi connectivity index (χ3v) is 1.07. The highest BCUT2D eigenvalue weighted by Crippen LogP contribution is 1.90. The molecule has 0 aliphatic rings. The van der Waals surface area contributed by atoms with Crippen LogP contribution < -0.4 is 0 Å². The van der Waals surface area contributed by atoms with Crippen molar-refractivity contribution < 1.29 is 4.79 Å². The fraction of sp³-hybridized carbons (Fsp3) is 0.429. The van der Waals surface area contributed by atoms with Gasteiger partial charge in [-0.3, -0.25) is 9.79 Å². The molecule has 0 rings (SSSR count). The fourth-order valence-corrected chi connectivity index (χ4v) is 0.361. The Balaban J connectivity index is 4.05. The Morgan fingerprint density at radius 2 is 2.11 bits per heavy atom. The van der Waals surface area contributed by atoms with Crippen molar-refractivity contribution in [3.8, 4) is 0 Å². The maximum absolute atomic E-state index is 10.8. The molecule has 2 nitrogen and oxygen atoms in total. The molecule has 0 aliphatic heterocycles. The third-order valence-electron chi connectivity index (χ3n) is 1.07. The zero-order chi connectivity index (χ0) is 7.28. The number of hydrogen-bond acceptors (Lipinski definition) is 2. The van der Waals surface area contributed by atoms with Crippen molar-refractivity contribution in [2.75, 3.05) is 7.05 Å². The van der Waals surface area contributed by atoms with Crippen LogP contribution >= 0.6 is 0 Å². The van der Waals surface area contributed by atoms with Gasteiger partial charge in [-0.15, -0.1) is 0 Å². The van der Waals surface area contributed by atoms with Gasteiger partial charge in [0.1, 0.15) is 0 Å². The first-order valence-electron chi connectivity index (χ1n) is 2.81. The number of carbonyl (C=O) groups excluding carboxylic acids is 1. The summed E-state index contributed by atoms with van der Waals surface area (Å²) < 4.78 is 0. The summed E-state index contributed by atoms with van der Waals surface area (Å²) in [6.07, 6.45) is 3.08. The van der Waals surface area contributed by atoms with Crippen LogP contribution in [0.5, 0.6) is 0 Å². The lowest BCUT2D eigenvalue weighted by Gasteiger charge is -1.87. The van der Waals surface area contributed by atoms with Crippen molar-refractivity contribution in [3.63, 3.8) is 0 Å². The van der Waals surface area contributed by atoms with Gasteiger partial charge in [0.25, 0.3) is 0 Å². The largest absolute Gasteiger partial charge is 0.292 e. The first-order valence-corrected chi connectivity index (χ1v) is 2.81. The van der Waals surface area contributed by atoms with Crippen molar-refractivity contribution in [1.29, 1.82) is 0 Å². The molecule has 0 N–H and O–H groups in total. The third kappa shape index (κ3) is 2.80. The Hall–Kier alpha value is -0.920. The fourth-order valence-electron chi connectivity index (χ4n) is 0.361. The van der Waals surface area contributed by atoms with E-state index in [1.54, 1.807) is 20.0 Å². The van der Waals surface area contributed by atoms with E-state index in [2.05, 4.69) is 4.99 Å². The first kappa shape index (κ1) is 8.08. The van der Waals surface area contributed by atoms with Crippen molar-refractivity contribution in [2.24, 2.45) is 4.99 Å². The van der Waals surface area contributed by atoms with Gasteiger partial charge in [0, 0.05) is 7.05 Å². The molecule has 0 amide bonds. The highest BCUT2D eigenvalue weighted by molar-refractivity contribution is 6.34. The summed E-state index contributed by atoms with van der Waals surface area (Å²) in [4.78, 5) is 14.3. The second kappa shape index (κ2) is 4.01. The van der Waals surface area contributed by atoms with Gasteiger partial charge in [-0.1, -0.05) is 6.08 Å². The zero-order valence-electron chi connectivity index (χ0n) is 6.01. The SMILES string of the molecule is C/C=C(/C)C(=O)C=NC. The number of nitrogens with zero attached hydrogens (tertiary/aromatic N) is 1. The molecular weight excluding hydrogens is 114 g/mol. The van der Waals surface area contributed by atoms with Gasteiger partial charge in [-0.25, -0.2) is 0 Å². The predicted molar refractivity (Wildman–Crippen MR) is 38.9 cm³/mol. The van der Waals surface area contributed by atoms with Gasteiger partial charge in [0.2, 0.25) is 0 Å². The van der Waals surface area contributed by atoms with Crippen LogP contribution in [0.4, 0.5) is 0 Å². The molecule has 0 aromatic carbocycles. The van der Waals surface area contributed by atoms with E-state index in [1.807, 2.05) is 6.92 Å². The van der Waals surface area contributed by atoms with E-state index >= 15 is 0 Å². The Bertz CT molecular complexity index is 156. The molecule has 0 aromatic heterocycles. The van der Waals surface area contributed by atoms with Gasteiger partial charge in [0.15, 0.2) is 5.78 Å². The van der Waals surface area contributed by atoms with Crippen LogP contribution in [0.25, 0.3) is 0 Å². The van der Waals surface area contributed by atoms with Crippen LogP contribution in [-0.4, -0.2) is 19.0 Å². The normalized spacial score (nSPS) is 12.6. The maximum atomic E-state index is 10.8. The van der Waals surface area contributed by atoms with E-state index in [0.29, 0.717) is 0 Å². The van der Waals surface area contributed by atoms with Gasteiger partial charge in [-0.2, -0.15) is 0 Å². The average molecular weight is 125 g/mol. The van der Waals surface area contributed by atoms with E-state index in [9.17, 15) is 4.79 Å². The molecule has 0 fully saturated rings. The summed E-state index contributed by atoms with van der Waals surface area (Å²) >= 11 is 0. The molecule has 0 saturated heterocycles. The molecule has 0 radical (unpaired) electrons. The molecule has 2 heteroatoms. The Morgan fingerprint density at radius 3 is 2.44 bits per heavy atom. The first-order chi connectivity index (χ1) is 4.22. The van der Waals surface area contributed by atoms with Crippen molar-refractivity contribution in [1.82, 2.24) is 0 Å². The van der Waals surface area contributed by atoms with E-state index in [-0.39, 0.29) is 5.78 Å². The standard InChI is InChI=1S/C7H11NO/c1-4-6(2)7(9)5-8-3/h4-5H,1-3H3/b6-4-,8-5?. The Kier molecular flexibility index (Phi) is 3.60. The molecule has 50 valence electrons. The minimum absolute atomic E-state index is 0.0139. The lowest BCUT2D eigenvalue weighted by Crippen LogP contribution is -1.99. The second-order valence-electron chi connectivity index (χ2n) is 1.72. The molecule has 0 atom stereocenters. The summed E-state index contributed by atoms with van der Waals surface area (Å²) in [6.45, 7) is 3.60. The Morgan fingerprint density at radius 1 is 1.56 bits per heavy atom. The molecule has 0 unspecified atom stereocenters. The van der Waals surface area contributed by atoms with Crippen LogP contribution in [0, 0.1) is 0 Å². The summed E-state index contributed by atoms with van der Waals surface area (Å²) in [5, 5.41) is 0. The molecule has 9 heavy (non-hydrogen) atoms. The van der Waals surface area contributed by atoms with E-state index in [1.165, 1.54) is 6.21 Å². The van der Waals surface area contributed by atoms with Crippen molar-refractivity contribution >= 4 is 12.0 Å². The van der Waals surface area contributed by atoms with Crippen molar-refractivity contribution in [3.05, 3.63) is 11.6 Å². The van der Waals surface area contributed by atoms with E-state index in [4.69, 9.17) is 0 Å². The smallest absolute Gasteiger partial charge is 0.198 e. The number of allylic oxidation sites excluding steroid dienone is 2. The van der Waals surface area contributed by atoms with Gasteiger partial charge in [0.05, 0.1) is 6.21 Å². The number of ketones is 1. The Labute approximate surface area is 55.3 Å². The number of carbonyl (C=O) groups is 1. The van der Waals surface area contributed by atoms with Gasteiger partial charge >= 0.3 is 0 Å². The quantitative estimate of drug-likeness (QED) is 0.403. The molecular formula is C7H11NO. The summed E-state index contributed by atoms with van der Waals surface area (Å²) in [5.41, 5.74) is 0.737. The number of aliphatic imine (C=N–C) groups is 1. The second-order valence-corrected chi connectivity index (χ2v) is 1.72. The lowest BCUT2D eigenvalue weighted by molar-refractivity contribution is -0.109. The van der Waals surface area contributed by atoms with Gasteiger partial charge < -0.3 is 0 Å². The van der Waals surface area contributed by atoms with Crippen LogP contribution in [0.1, 0.15) is 13.8 Å². The average Bonchev–Trinajstić information content (AvgIpc) is 1.87. The lowest BCUT2D eigenvalue weighted by atomic mass is 10.2. The van der Waals surface area contributed by atoms with Crippen molar-refractivity contribution in [2.45, 2.75) is 13.8 Å². The minimum atomic E-state index is -0.0139. The molecule has 0 saturated carbocycles. The predicted octanol–water partition coefficient (Wildman–Crippen LogP) is 1.22. The molecule has 0 aliphatic carbocycles. The number of Topliss-reactive ketones (excluding diaryl/α,β-unsaturated/α-hetero) is 1. The zero-order valence-corrected chi connectivity index (χ0v) is 6.01. The summed E-state index contributed by atoms with van der Waals surface area (Å²) in [5.74, 6) is -0.0139. The van der Waals surface area contributed by atoms with E-state index < -0.39 is 0 Å². The monoisotopic (exact) mass is 125 g/mol. The van der Waals surface area contributed by atoms with Gasteiger partial charge in [-0.05, 0) is 19.4 Å². The van der Waals surface area contributed by atoms with Crippen LogP contribution in [-0.2, 0) is 4.79 Å². The number of rotatable bonds is 2. The topological polar surface area (TPSA) is 29.4 Å². The van der Waals surface area contributed by atoms with Crippen LogP contribution in [0.15, 0.2) is 16.6 Å². The highest BCUT2D eigenvalue weighted by atomic mass is 16.1. The molecule has 0 bridgehead atoms. The van der Waals surface area contributed by atoms with Crippen LogP contribution in [0.3, 0.4) is 0 Å². The van der Waals surface area contributed by atoms with E-state index in [0.717, 1.165) is 5.57 Å². The molecule has 0 spiro atoms. The maximum Gasteiger partial charge on any atom is 0.198 e. The molecule has 0 heterocycles. The highest BCUT2D eigenvalue weighted by Gasteiger charge is 1.95.